The van der Waals surface area contributed by atoms with E-state index in [0.717, 1.165) is 55.6 Å². The van der Waals surface area contributed by atoms with Crippen molar-refractivity contribution in [3.63, 3.8) is 0 Å². The number of para-hydroxylation sites is 2. The molecule has 10 aromatic carbocycles. The van der Waals surface area contributed by atoms with E-state index in [4.69, 9.17) is 9.97 Å². The number of nitrogens with zero attached hydrogens (tertiary/aromatic N) is 3. The molecule has 2 heterocycles. The van der Waals surface area contributed by atoms with Gasteiger partial charge in [0.25, 0.3) is 0 Å². The van der Waals surface area contributed by atoms with Crippen molar-refractivity contribution in [1.29, 1.82) is 0 Å². The zero-order valence-corrected chi connectivity index (χ0v) is 32.0. The molecular formula is C56H35N3. The summed E-state index contributed by atoms with van der Waals surface area (Å²) in [6.07, 6.45) is 0. The summed E-state index contributed by atoms with van der Waals surface area (Å²) in [5.74, 6) is 0. The highest BCUT2D eigenvalue weighted by molar-refractivity contribution is 6.29. The Bertz CT molecular complexity index is 3490. The van der Waals surface area contributed by atoms with Gasteiger partial charge in [0, 0.05) is 27.3 Å². The molecule has 0 saturated heterocycles. The predicted octanol–water partition coefficient (Wildman–Crippen LogP) is 14.9. The van der Waals surface area contributed by atoms with Crippen molar-refractivity contribution in [2.24, 2.45) is 0 Å². The molecule has 3 nitrogen and oxygen atoms in total. The zero-order chi connectivity index (χ0) is 38.9. The van der Waals surface area contributed by atoms with Gasteiger partial charge >= 0.3 is 0 Å². The fourth-order valence-electron chi connectivity index (χ4n) is 9.20. The minimum Gasteiger partial charge on any atom is -0.309 e. The minimum atomic E-state index is 0.863. The molecular weight excluding hydrogens is 715 g/mol. The second kappa shape index (κ2) is 13.4. The maximum Gasteiger partial charge on any atom is 0.0979 e. The van der Waals surface area contributed by atoms with Crippen molar-refractivity contribution in [2.75, 3.05) is 0 Å². The lowest BCUT2D eigenvalue weighted by atomic mass is 9.95. The normalized spacial score (nSPS) is 11.7. The quantitative estimate of drug-likeness (QED) is 0.175. The first kappa shape index (κ1) is 33.3. The van der Waals surface area contributed by atoms with Gasteiger partial charge < -0.3 is 4.57 Å². The van der Waals surface area contributed by atoms with Crippen LogP contribution >= 0.6 is 0 Å². The molecule has 0 atom stereocenters. The standard InChI is InChI=1S/C56H35N3/c1-2-12-36(13-3-1)37-24-26-38(27-25-37)39-28-30-42(31-29-39)55-56(58-49-22-9-8-21-48(49)57-55)47-20-10-19-46-45(47)18-11-23-50(46)59-51-34-32-40-14-4-6-16-43(40)53(51)54-44-17-7-5-15-41(44)33-35-52(54)59/h1-35H. The second-order valence-electron chi connectivity index (χ2n) is 15.3. The first-order chi connectivity index (χ1) is 29.3. The van der Waals surface area contributed by atoms with Gasteiger partial charge in [0.15, 0.2) is 0 Å². The zero-order valence-electron chi connectivity index (χ0n) is 32.0. The van der Waals surface area contributed by atoms with Gasteiger partial charge in [-0.15, -0.1) is 0 Å². The summed E-state index contributed by atoms with van der Waals surface area (Å²) in [6.45, 7) is 0. The Morgan fingerprint density at radius 3 is 1.36 bits per heavy atom. The smallest absolute Gasteiger partial charge is 0.0979 e. The van der Waals surface area contributed by atoms with E-state index in [0.29, 0.717) is 0 Å². The highest BCUT2D eigenvalue weighted by Gasteiger charge is 2.21. The molecule has 0 aliphatic heterocycles. The van der Waals surface area contributed by atoms with Crippen molar-refractivity contribution >= 4 is 65.2 Å². The van der Waals surface area contributed by atoms with Gasteiger partial charge in [0.2, 0.25) is 0 Å². The summed E-state index contributed by atoms with van der Waals surface area (Å²) >= 11 is 0. The summed E-state index contributed by atoms with van der Waals surface area (Å²) < 4.78 is 2.47. The highest BCUT2D eigenvalue weighted by atomic mass is 15.0. The summed E-state index contributed by atoms with van der Waals surface area (Å²) in [6, 6.07) is 76.2. The lowest BCUT2D eigenvalue weighted by Gasteiger charge is -2.16. The molecule has 274 valence electrons. The Morgan fingerprint density at radius 1 is 0.288 bits per heavy atom. The molecule has 0 fully saturated rings. The van der Waals surface area contributed by atoms with Gasteiger partial charge in [-0.2, -0.15) is 0 Å². The van der Waals surface area contributed by atoms with E-state index >= 15 is 0 Å². The lowest BCUT2D eigenvalue weighted by molar-refractivity contribution is 1.20. The topological polar surface area (TPSA) is 30.7 Å². The van der Waals surface area contributed by atoms with Crippen molar-refractivity contribution in [1.82, 2.24) is 14.5 Å². The predicted molar refractivity (Wildman–Crippen MR) is 248 cm³/mol. The van der Waals surface area contributed by atoms with Crippen LogP contribution in [0.15, 0.2) is 212 Å². The van der Waals surface area contributed by atoms with E-state index in [1.165, 1.54) is 60.0 Å². The number of rotatable bonds is 5. The van der Waals surface area contributed by atoms with E-state index in [1.54, 1.807) is 0 Å². The molecule has 59 heavy (non-hydrogen) atoms. The molecule has 0 radical (unpaired) electrons. The van der Waals surface area contributed by atoms with Crippen molar-refractivity contribution in [3.05, 3.63) is 212 Å². The molecule has 0 aliphatic carbocycles. The highest BCUT2D eigenvalue weighted by Crippen LogP contribution is 2.43. The minimum absolute atomic E-state index is 0.863. The van der Waals surface area contributed by atoms with Crippen LogP contribution in [0.2, 0.25) is 0 Å². The number of fused-ring (bicyclic) bond motifs is 9. The lowest BCUT2D eigenvalue weighted by Crippen LogP contribution is -1.98. The Morgan fingerprint density at radius 2 is 0.746 bits per heavy atom. The second-order valence-corrected chi connectivity index (χ2v) is 15.3. The average molecular weight is 750 g/mol. The van der Waals surface area contributed by atoms with Gasteiger partial charge in [-0.1, -0.05) is 182 Å². The van der Waals surface area contributed by atoms with Gasteiger partial charge in [-0.05, 0) is 79.5 Å². The van der Waals surface area contributed by atoms with Crippen LogP contribution in [0.25, 0.3) is 116 Å². The van der Waals surface area contributed by atoms with Crippen LogP contribution in [-0.4, -0.2) is 14.5 Å². The molecule has 0 bridgehead atoms. The van der Waals surface area contributed by atoms with Crippen LogP contribution in [0.5, 0.6) is 0 Å². The molecule has 0 N–H and O–H groups in total. The van der Waals surface area contributed by atoms with E-state index in [9.17, 15) is 0 Å². The number of aromatic nitrogens is 3. The molecule has 0 amide bonds. The van der Waals surface area contributed by atoms with Crippen molar-refractivity contribution in [2.45, 2.75) is 0 Å². The van der Waals surface area contributed by atoms with Gasteiger partial charge in [0.1, 0.15) is 0 Å². The van der Waals surface area contributed by atoms with Crippen LogP contribution in [0.4, 0.5) is 0 Å². The monoisotopic (exact) mass is 749 g/mol. The van der Waals surface area contributed by atoms with Crippen LogP contribution in [-0.2, 0) is 0 Å². The fraction of sp³-hybridized carbons (Fsp3) is 0. The van der Waals surface area contributed by atoms with Gasteiger partial charge in [-0.3, -0.25) is 0 Å². The third kappa shape index (κ3) is 5.36. The SMILES string of the molecule is c1ccc(-c2ccc(-c3ccc(-c4nc5ccccc5nc4-c4cccc5c(-n6c7ccc8ccccc8c7c7c8ccccc8ccc76)cccc45)cc3)cc2)cc1. The first-order valence-corrected chi connectivity index (χ1v) is 20.2. The van der Waals surface area contributed by atoms with Crippen LogP contribution in [0.3, 0.4) is 0 Å². The Kier molecular flexibility index (Phi) is 7.54. The number of benzene rings is 10. The summed E-state index contributed by atoms with van der Waals surface area (Å²) in [4.78, 5) is 10.7. The molecule has 0 spiro atoms. The molecule has 12 aromatic rings. The summed E-state index contributed by atoms with van der Waals surface area (Å²) in [5.41, 5.74) is 13.8. The maximum atomic E-state index is 5.38. The first-order valence-electron chi connectivity index (χ1n) is 20.2. The molecule has 0 aliphatic rings. The Hall–Kier alpha value is -7.88. The molecule has 3 heteroatoms. The van der Waals surface area contributed by atoms with Gasteiger partial charge in [0.05, 0.1) is 39.1 Å². The van der Waals surface area contributed by atoms with E-state index in [2.05, 4.69) is 205 Å². The van der Waals surface area contributed by atoms with Crippen LogP contribution in [0.1, 0.15) is 0 Å². The summed E-state index contributed by atoms with van der Waals surface area (Å²) in [5, 5.41) is 9.84. The molecule has 12 rings (SSSR count). The third-order valence-electron chi connectivity index (χ3n) is 12.0. The number of hydrogen-bond acceptors (Lipinski definition) is 2. The van der Waals surface area contributed by atoms with Crippen LogP contribution < -0.4 is 0 Å². The molecule has 0 saturated carbocycles. The van der Waals surface area contributed by atoms with E-state index < -0.39 is 0 Å². The van der Waals surface area contributed by atoms with Gasteiger partial charge in [-0.25, -0.2) is 9.97 Å². The number of hydrogen-bond donors (Lipinski definition) is 0. The van der Waals surface area contributed by atoms with E-state index in [-0.39, 0.29) is 0 Å². The Labute approximate surface area is 341 Å². The third-order valence-corrected chi connectivity index (χ3v) is 12.0. The molecule has 0 unspecified atom stereocenters. The molecule has 2 aromatic heterocycles. The van der Waals surface area contributed by atoms with Crippen molar-refractivity contribution < 1.29 is 0 Å². The maximum absolute atomic E-state index is 5.38. The van der Waals surface area contributed by atoms with E-state index in [1.807, 2.05) is 12.1 Å². The fourth-order valence-corrected chi connectivity index (χ4v) is 9.20. The Balaban J connectivity index is 1.04. The van der Waals surface area contributed by atoms with Crippen molar-refractivity contribution in [3.8, 4) is 50.5 Å². The largest absolute Gasteiger partial charge is 0.309 e. The average Bonchev–Trinajstić information content (AvgIpc) is 3.66. The van der Waals surface area contributed by atoms with Crippen LogP contribution in [0, 0.1) is 0 Å². The summed E-state index contributed by atoms with van der Waals surface area (Å²) in [7, 11) is 0.